The van der Waals surface area contributed by atoms with Crippen molar-refractivity contribution in [3.63, 3.8) is 0 Å². The lowest BCUT2D eigenvalue weighted by molar-refractivity contribution is 0.105. The Morgan fingerprint density at radius 2 is 2.00 bits per heavy atom. The Morgan fingerprint density at radius 1 is 1.25 bits per heavy atom. The number of aliphatic hydroxyl groups excluding tert-OH is 1. The summed E-state index contributed by atoms with van der Waals surface area (Å²) in [5.41, 5.74) is 0. The van der Waals surface area contributed by atoms with Gasteiger partial charge in [-0.25, -0.2) is 0 Å². The third-order valence-corrected chi connectivity index (χ3v) is 3.45. The van der Waals surface area contributed by atoms with Crippen molar-refractivity contribution in [3.8, 4) is 5.75 Å². The van der Waals surface area contributed by atoms with Gasteiger partial charge in [0.05, 0.1) is 6.54 Å². The molecule has 0 radical (unpaired) electrons. The van der Waals surface area contributed by atoms with E-state index >= 15 is 0 Å². The summed E-state index contributed by atoms with van der Waals surface area (Å²) < 4.78 is 12.1. The van der Waals surface area contributed by atoms with Crippen molar-refractivity contribution in [2.45, 2.75) is 19.6 Å². The number of halogens is 1. The molecule has 0 aliphatic carbocycles. The van der Waals surface area contributed by atoms with Crippen LogP contribution in [0.15, 0.2) is 40.8 Å². The number of aliphatic hydroxyl groups is 1. The van der Waals surface area contributed by atoms with Gasteiger partial charge in [-0.15, -0.1) is 0 Å². The number of ether oxygens (including phenoxy) is 1. The third kappa shape index (κ3) is 5.15. The second-order valence-electron chi connectivity index (χ2n) is 4.56. The van der Waals surface area contributed by atoms with Gasteiger partial charge in [0, 0.05) is 10.1 Å². The van der Waals surface area contributed by atoms with E-state index in [4.69, 9.17) is 9.15 Å². The molecule has 0 bridgehead atoms. The number of rotatable bonds is 7. The Hall–Kier alpha value is -1.05. The van der Waals surface area contributed by atoms with Gasteiger partial charge in [0.1, 0.15) is 30.0 Å². The molecule has 2 aromatic rings. The van der Waals surface area contributed by atoms with E-state index in [2.05, 4.69) is 27.9 Å². The molecule has 0 saturated carbocycles. The van der Waals surface area contributed by atoms with Gasteiger partial charge in [-0.1, -0.05) is 0 Å². The molecule has 0 saturated heterocycles. The SMILES string of the molecule is Cc1ccc(CNCC(O)COc2ccc(I)cc2)o1. The minimum atomic E-state index is -0.551. The van der Waals surface area contributed by atoms with Crippen LogP contribution in [0.1, 0.15) is 11.5 Å². The zero-order valence-corrected chi connectivity index (χ0v) is 13.5. The molecule has 20 heavy (non-hydrogen) atoms. The maximum atomic E-state index is 9.83. The summed E-state index contributed by atoms with van der Waals surface area (Å²) in [6.45, 7) is 3.25. The first kappa shape index (κ1) is 15.3. The molecule has 1 aromatic carbocycles. The van der Waals surface area contributed by atoms with Crippen molar-refractivity contribution in [2.75, 3.05) is 13.2 Å². The van der Waals surface area contributed by atoms with Crippen LogP contribution in [0.2, 0.25) is 0 Å². The summed E-state index contributed by atoms with van der Waals surface area (Å²) in [6.07, 6.45) is -0.551. The Morgan fingerprint density at radius 3 is 2.65 bits per heavy atom. The summed E-state index contributed by atoms with van der Waals surface area (Å²) in [6, 6.07) is 11.6. The quantitative estimate of drug-likeness (QED) is 0.718. The fourth-order valence-corrected chi connectivity index (χ4v) is 2.08. The van der Waals surface area contributed by atoms with Crippen LogP contribution in [0.3, 0.4) is 0 Å². The number of nitrogens with one attached hydrogen (secondary N) is 1. The van der Waals surface area contributed by atoms with Gasteiger partial charge in [0.15, 0.2) is 0 Å². The summed E-state index contributed by atoms with van der Waals surface area (Å²) >= 11 is 2.24. The number of furan rings is 1. The smallest absolute Gasteiger partial charge is 0.119 e. The van der Waals surface area contributed by atoms with Crippen molar-refractivity contribution in [3.05, 3.63) is 51.5 Å². The molecule has 1 heterocycles. The van der Waals surface area contributed by atoms with Crippen molar-refractivity contribution in [2.24, 2.45) is 0 Å². The largest absolute Gasteiger partial charge is 0.491 e. The van der Waals surface area contributed by atoms with Crippen molar-refractivity contribution >= 4 is 22.6 Å². The predicted molar refractivity (Wildman–Crippen MR) is 85.8 cm³/mol. The molecule has 0 spiro atoms. The number of aryl methyl sites for hydroxylation is 1. The first-order chi connectivity index (χ1) is 9.63. The van der Waals surface area contributed by atoms with Gasteiger partial charge in [-0.3, -0.25) is 0 Å². The van der Waals surface area contributed by atoms with Gasteiger partial charge < -0.3 is 19.6 Å². The highest BCUT2D eigenvalue weighted by molar-refractivity contribution is 14.1. The third-order valence-electron chi connectivity index (χ3n) is 2.73. The van der Waals surface area contributed by atoms with E-state index in [0.29, 0.717) is 13.1 Å². The summed E-state index contributed by atoms with van der Waals surface area (Å²) in [5.74, 6) is 2.53. The van der Waals surface area contributed by atoms with E-state index in [1.165, 1.54) is 0 Å². The van der Waals surface area contributed by atoms with Gasteiger partial charge in [0.25, 0.3) is 0 Å². The molecule has 0 aliphatic rings. The average molecular weight is 387 g/mol. The van der Waals surface area contributed by atoms with Crippen LogP contribution < -0.4 is 10.1 Å². The number of hydrogen-bond donors (Lipinski definition) is 2. The summed E-state index contributed by atoms with van der Waals surface area (Å²) in [7, 11) is 0. The average Bonchev–Trinajstić information content (AvgIpc) is 2.84. The normalized spacial score (nSPS) is 12.3. The number of benzene rings is 1. The van der Waals surface area contributed by atoms with Crippen molar-refractivity contribution < 1.29 is 14.3 Å². The molecule has 0 amide bonds. The monoisotopic (exact) mass is 387 g/mol. The van der Waals surface area contributed by atoms with E-state index in [9.17, 15) is 5.11 Å². The second kappa shape index (κ2) is 7.66. The highest BCUT2D eigenvalue weighted by atomic mass is 127. The van der Waals surface area contributed by atoms with Gasteiger partial charge in [-0.2, -0.15) is 0 Å². The first-order valence-electron chi connectivity index (χ1n) is 6.46. The van der Waals surface area contributed by atoms with Gasteiger partial charge in [0.2, 0.25) is 0 Å². The van der Waals surface area contributed by atoms with Crippen molar-refractivity contribution in [1.29, 1.82) is 0 Å². The van der Waals surface area contributed by atoms with Crippen LogP contribution in [0.5, 0.6) is 5.75 Å². The Labute approximate surface area is 132 Å². The van der Waals surface area contributed by atoms with E-state index in [0.717, 1.165) is 20.8 Å². The second-order valence-corrected chi connectivity index (χ2v) is 5.81. The minimum Gasteiger partial charge on any atom is -0.491 e. The van der Waals surface area contributed by atoms with Crippen LogP contribution in [-0.4, -0.2) is 24.4 Å². The fraction of sp³-hybridized carbons (Fsp3) is 0.333. The van der Waals surface area contributed by atoms with E-state index in [-0.39, 0.29) is 6.61 Å². The lowest BCUT2D eigenvalue weighted by Gasteiger charge is -2.12. The lowest BCUT2D eigenvalue weighted by Crippen LogP contribution is -2.31. The molecule has 108 valence electrons. The van der Waals surface area contributed by atoms with E-state index in [1.54, 1.807) is 0 Å². The predicted octanol–water partition coefficient (Wildman–Crippen LogP) is 2.72. The molecule has 4 nitrogen and oxygen atoms in total. The molecule has 0 fully saturated rings. The molecular formula is C15H18INO3. The maximum Gasteiger partial charge on any atom is 0.119 e. The van der Waals surface area contributed by atoms with Crippen LogP contribution in [0.25, 0.3) is 0 Å². The molecule has 1 unspecified atom stereocenters. The van der Waals surface area contributed by atoms with Crippen LogP contribution in [0.4, 0.5) is 0 Å². The first-order valence-corrected chi connectivity index (χ1v) is 7.54. The highest BCUT2D eigenvalue weighted by Crippen LogP contribution is 2.13. The standard InChI is InChI=1S/C15H18INO3/c1-11-2-5-15(20-11)9-17-8-13(18)10-19-14-6-3-12(16)4-7-14/h2-7,13,17-18H,8-10H2,1H3. The van der Waals surface area contributed by atoms with Gasteiger partial charge >= 0.3 is 0 Å². The van der Waals surface area contributed by atoms with Crippen molar-refractivity contribution in [1.82, 2.24) is 5.32 Å². The molecule has 2 N–H and O–H groups in total. The topological polar surface area (TPSA) is 54.6 Å². The van der Waals surface area contributed by atoms with Crippen LogP contribution >= 0.6 is 22.6 Å². The summed E-state index contributed by atoms with van der Waals surface area (Å²) in [5, 5.41) is 13.0. The number of hydrogen-bond acceptors (Lipinski definition) is 4. The molecule has 1 aromatic heterocycles. The zero-order valence-electron chi connectivity index (χ0n) is 11.3. The molecule has 5 heteroatoms. The molecule has 0 aliphatic heterocycles. The minimum absolute atomic E-state index is 0.269. The van der Waals surface area contributed by atoms with Gasteiger partial charge in [-0.05, 0) is 65.9 Å². The fourth-order valence-electron chi connectivity index (χ4n) is 1.72. The molecule has 2 rings (SSSR count). The highest BCUT2D eigenvalue weighted by Gasteiger charge is 2.06. The Bertz CT molecular complexity index is 524. The van der Waals surface area contributed by atoms with E-state index in [1.807, 2.05) is 43.3 Å². The molecule has 1 atom stereocenters. The lowest BCUT2D eigenvalue weighted by atomic mass is 10.3. The van der Waals surface area contributed by atoms with Crippen LogP contribution in [-0.2, 0) is 6.54 Å². The van der Waals surface area contributed by atoms with E-state index < -0.39 is 6.10 Å². The Balaban J connectivity index is 1.65. The summed E-state index contributed by atoms with van der Waals surface area (Å²) in [4.78, 5) is 0. The Kier molecular flexibility index (Phi) is 5.87. The zero-order chi connectivity index (χ0) is 14.4. The molecular weight excluding hydrogens is 369 g/mol. The maximum absolute atomic E-state index is 9.83. The van der Waals surface area contributed by atoms with Crippen LogP contribution in [0, 0.1) is 10.5 Å².